The van der Waals surface area contributed by atoms with Gasteiger partial charge in [0.25, 0.3) is 0 Å². The molecule has 0 saturated carbocycles. The molecule has 0 atom stereocenters. The van der Waals surface area contributed by atoms with Gasteiger partial charge in [-0.25, -0.2) is 0 Å². The Kier molecular flexibility index (Phi) is 5.50. The smallest absolute Gasteiger partial charge is 0.0608 e. The summed E-state index contributed by atoms with van der Waals surface area (Å²) in [7, 11) is 0. The second kappa shape index (κ2) is 7.79. The van der Waals surface area contributed by atoms with Crippen LogP contribution in [0.3, 0.4) is 0 Å². The predicted octanol–water partition coefficient (Wildman–Crippen LogP) is 6.68. The van der Waals surface area contributed by atoms with Gasteiger partial charge < -0.3 is 5.32 Å². The Morgan fingerprint density at radius 2 is 1.12 bits per heavy atom. The van der Waals surface area contributed by atoms with Crippen molar-refractivity contribution in [3.05, 3.63) is 77.4 Å². The molecule has 0 aliphatic heterocycles. The zero-order chi connectivity index (χ0) is 17.8. The summed E-state index contributed by atoms with van der Waals surface area (Å²) in [5, 5.41) is 3.65. The van der Waals surface area contributed by atoms with E-state index in [4.69, 9.17) is 0 Å². The Balaban J connectivity index is 2.19. The molecule has 3 aromatic rings. The lowest BCUT2D eigenvalue weighted by molar-refractivity contribution is 1.39. The largest absolute Gasteiger partial charge is 0.375 e. The Bertz CT molecular complexity index is 782. The van der Waals surface area contributed by atoms with Crippen LogP contribution in [-0.4, -0.2) is 12.1 Å². The van der Waals surface area contributed by atoms with Crippen LogP contribution in [0.1, 0.15) is 16.7 Å². The SMILES string of the molecule is CSCNc1c(-c2ccc(C)cc2)cc(C)cc1-c1ccc(C)cc1. The maximum absolute atomic E-state index is 3.65. The molecule has 0 heterocycles. The topological polar surface area (TPSA) is 12.0 Å². The van der Waals surface area contributed by atoms with Crippen molar-refractivity contribution in [3.63, 3.8) is 0 Å². The van der Waals surface area contributed by atoms with E-state index in [0.717, 1.165) is 5.88 Å². The van der Waals surface area contributed by atoms with Crippen LogP contribution in [0.15, 0.2) is 60.7 Å². The second-order valence-corrected chi connectivity index (χ2v) is 7.44. The number of rotatable bonds is 5. The molecule has 128 valence electrons. The van der Waals surface area contributed by atoms with Gasteiger partial charge in [-0.2, -0.15) is 0 Å². The van der Waals surface area contributed by atoms with E-state index in [1.165, 1.54) is 44.6 Å². The van der Waals surface area contributed by atoms with Gasteiger partial charge in [-0.3, -0.25) is 0 Å². The minimum Gasteiger partial charge on any atom is -0.375 e. The van der Waals surface area contributed by atoms with Gasteiger partial charge in [0.15, 0.2) is 0 Å². The number of benzene rings is 3. The number of hydrogen-bond donors (Lipinski definition) is 1. The minimum absolute atomic E-state index is 0.890. The molecule has 0 saturated heterocycles. The van der Waals surface area contributed by atoms with Crippen molar-refractivity contribution in [1.29, 1.82) is 0 Å². The van der Waals surface area contributed by atoms with Gasteiger partial charge in [0.05, 0.1) is 11.6 Å². The molecule has 0 aliphatic rings. The quantitative estimate of drug-likeness (QED) is 0.517. The summed E-state index contributed by atoms with van der Waals surface area (Å²) in [4.78, 5) is 0. The normalized spacial score (nSPS) is 10.7. The summed E-state index contributed by atoms with van der Waals surface area (Å²) in [6.45, 7) is 6.43. The van der Waals surface area contributed by atoms with Gasteiger partial charge in [-0.05, 0) is 55.9 Å². The van der Waals surface area contributed by atoms with Crippen LogP contribution in [0, 0.1) is 20.8 Å². The van der Waals surface area contributed by atoms with Gasteiger partial charge in [0.2, 0.25) is 0 Å². The molecule has 1 nitrogen and oxygen atoms in total. The van der Waals surface area contributed by atoms with E-state index in [2.05, 4.69) is 93.0 Å². The maximum Gasteiger partial charge on any atom is 0.0608 e. The zero-order valence-corrected chi connectivity index (χ0v) is 16.2. The highest BCUT2D eigenvalue weighted by Gasteiger charge is 2.13. The molecule has 2 heteroatoms. The molecule has 25 heavy (non-hydrogen) atoms. The van der Waals surface area contributed by atoms with Crippen molar-refractivity contribution in [3.8, 4) is 22.3 Å². The number of aryl methyl sites for hydroxylation is 3. The fourth-order valence-electron chi connectivity index (χ4n) is 3.04. The van der Waals surface area contributed by atoms with Gasteiger partial charge >= 0.3 is 0 Å². The summed E-state index contributed by atoms with van der Waals surface area (Å²) in [6.07, 6.45) is 2.12. The summed E-state index contributed by atoms with van der Waals surface area (Å²) in [5.74, 6) is 0.890. The Morgan fingerprint density at radius 1 is 0.680 bits per heavy atom. The van der Waals surface area contributed by atoms with E-state index in [0.29, 0.717) is 0 Å². The van der Waals surface area contributed by atoms with Crippen molar-refractivity contribution >= 4 is 17.4 Å². The summed E-state index contributed by atoms with van der Waals surface area (Å²) in [6, 6.07) is 22.2. The molecule has 0 unspecified atom stereocenters. The predicted molar refractivity (Wildman–Crippen MR) is 114 cm³/mol. The first-order valence-electron chi connectivity index (χ1n) is 8.60. The molecule has 1 N–H and O–H groups in total. The van der Waals surface area contributed by atoms with E-state index in [9.17, 15) is 0 Å². The molecule has 3 rings (SSSR count). The van der Waals surface area contributed by atoms with E-state index >= 15 is 0 Å². The van der Waals surface area contributed by atoms with Crippen LogP contribution in [0.4, 0.5) is 5.69 Å². The maximum atomic E-state index is 3.65. The van der Waals surface area contributed by atoms with E-state index in [1.54, 1.807) is 11.8 Å². The number of thioether (sulfide) groups is 1. The molecule has 0 fully saturated rings. The van der Waals surface area contributed by atoms with Crippen molar-refractivity contribution in [2.24, 2.45) is 0 Å². The van der Waals surface area contributed by atoms with Crippen LogP contribution in [0.5, 0.6) is 0 Å². The Hall–Kier alpha value is -2.19. The van der Waals surface area contributed by atoms with Crippen LogP contribution in [-0.2, 0) is 0 Å². The molecular weight excluding hydrogens is 322 g/mol. The molecule has 0 amide bonds. The monoisotopic (exact) mass is 347 g/mol. The highest BCUT2D eigenvalue weighted by atomic mass is 32.2. The highest BCUT2D eigenvalue weighted by Crippen LogP contribution is 2.38. The van der Waals surface area contributed by atoms with Gasteiger partial charge in [-0.15, -0.1) is 11.8 Å². The van der Waals surface area contributed by atoms with Crippen LogP contribution in [0.25, 0.3) is 22.3 Å². The summed E-state index contributed by atoms with van der Waals surface area (Å²) in [5.41, 5.74) is 10.1. The first kappa shape index (κ1) is 17.6. The molecular formula is C23H25NS. The lowest BCUT2D eigenvalue weighted by atomic mass is 9.93. The molecule has 0 aromatic heterocycles. The highest BCUT2D eigenvalue weighted by molar-refractivity contribution is 7.98. The number of hydrogen-bond acceptors (Lipinski definition) is 2. The second-order valence-electron chi connectivity index (χ2n) is 6.58. The number of nitrogens with one attached hydrogen (secondary N) is 1. The van der Waals surface area contributed by atoms with Crippen molar-refractivity contribution < 1.29 is 0 Å². The third-order valence-corrected chi connectivity index (χ3v) is 4.83. The molecule has 0 radical (unpaired) electrons. The molecule has 3 aromatic carbocycles. The van der Waals surface area contributed by atoms with Gasteiger partial charge in [0, 0.05) is 11.1 Å². The van der Waals surface area contributed by atoms with Crippen LogP contribution in [0.2, 0.25) is 0 Å². The molecule has 0 aliphatic carbocycles. The van der Waals surface area contributed by atoms with Crippen LogP contribution >= 0.6 is 11.8 Å². The van der Waals surface area contributed by atoms with Gasteiger partial charge in [0.1, 0.15) is 0 Å². The van der Waals surface area contributed by atoms with E-state index < -0.39 is 0 Å². The number of anilines is 1. The molecule has 0 spiro atoms. The fourth-order valence-corrected chi connectivity index (χ4v) is 3.33. The Labute approximate surface area is 155 Å². The first-order valence-corrected chi connectivity index (χ1v) is 9.99. The van der Waals surface area contributed by atoms with Crippen LogP contribution < -0.4 is 5.32 Å². The fraction of sp³-hybridized carbons (Fsp3) is 0.217. The standard InChI is InChI=1S/C23H25NS/c1-16-5-9-19(10-6-16)21-13-18(3)14-22(23(21)24-15-25-4)20-11-7-17(2)8-12-20/h5-14,24H,15H2,1-4H3. The van der Waals surface area contributed by atoms with Gasteiger partial charge in [-0.1, -0.05) is 59.7 Å². The van der Waals surface area contributed by atoms with E-state index in [1.807, 2.05) is 0 Å². The lowest BCUT2D eigenvalue weighted by Gasteiger charge is -2.18. The molecule has 0 bridgehead atoms. The summed E-state index contributed by atoms with van der Waals surface area (Å²) < 4.78 is 0. The summed E-state index contributed by atoms with van der Waals surface area (Å²) >= 11 is 1.80. The minimum atomic E-state index is 0.890. The van der Waals surface area contributed by atoms with E-state index in [-0.39, 0.29) is 0 Å². The average Bonchev–Trinajstić information content (AvgIpc) is 2.61. The van der Waals surface area contributed by atoms with Crippen molar-refractivity contribution in [1.82, 2.24) is 0 Å². The van der Waals surface area contributed by atoms with Crippen molar-refractivity contribution in [2.75, 3.05) is 17.4 Å². The zero-order valence-electron chi connectivity index (χ0n) is 15.4. The third kappa shape index (κ3) is 4.08. The average molecular weight is 348 g/mol. The first-order chi connectivity index (χ1) is 12.1. The third-order valence-electron chi connectivity index (χ3n) is 4.40. The van der Waals surface area contributed by atoms with Crippen molar-refractivity contribution in [2.45, 2.75) is 20.8 Å². The Morgan fingerprint density at radius 3 is 1.52 bits per heavy atom. The lowest BCUT2D eigenvalue weighted by Crippen LogP contribution is -2.02.